The maximum absolute atomic E-state index is 13.6. The van der Waals surface area contributed by atoms with Crippen molar-refractivity contribution in [3.63, 3.8) is 0 Å². The highest BCUT2D eigenvalue weighted by molar-refractivity contribution is 6.09. The van der Waals surface area contributed by atoms with Crippen LogP contribution in [0.2, 0.25) is 0 Å². The highest BCUT2D eigenvalue weighted by Gasteiger charge is 2.34. The summed E-state index contributed by atoms with van der Waals surface area (Å²) in [4.78, 5) is 28.0. The molecule has 11 heteroatoms. The van der Waals surface area contributed by atoms with Crippen molar-refractivity contribution in [1.29, 1.82) is 0 Å². The first-order valence-corrected chi connectivity index (χ1v) is 13.6. The van der Waals surface area contributed by atoms with E-state index in [2.05, 4.69) is 27.2 Å². The predicted octanol–water partition coefficient (Wildman–Crippen LogP) is 6.87. The Morgan fingerprint density at radius 3 is 2.38 bits per heavy atom. The summed E-state index contributed by atoms with van der Waals surface area (Å²) < 4.78 is 27.2. The van der Waals surface area contributed by atoms with Crippen molar-refractivity contribution in [2.75, 3.05) is 11.9 Å². The van der Waals surface area contributed by atoms with Crippen LogP contribution in [0.15, 0.2) is 81.0 Å². The van der Waals surface area contributed by atoms with Gasteiger partial charge in [0, 0.05) is 29.5 Å². The minimum absolute atomic E-state index is 0.0201. The second kappa shape index (κ2) is 14.5. The normalized spacial score (nSPS) is 15.6. The van der Waals surface area contributed by atoms with Crippen LogP contribution in [0.25, 0.3) is 0 Å². The molecular formula is C31H40F2N6O3. The first kappa shape index (κ1) is 33.8. The van der Waals surface area contributed by atoms with E-state index in [1.54, 1.807) is 18.7 Å². The fourth-order valence-electron chi connectivity index (χ4n) is 4.07. The van der Waals surface area contributed by atoms with Crippen molar-refractivity contribution in [1.82, 2.24) is 9.91 Å². The van der Waals surface area contributed by atoms with Crippen LogP contribution in [0.5, 0.6) is 5.75 Å². The van der Waals surface area contributed by atoms with Gasteiger partial charge in [-0.3, -0.25) is 9.59 Å². The molecule has 226 valence electrons. The quantitative estimate of drug-likeness (QED) is 0.128. The fraction of sp³-hybridized carbons (Fsp3) is 0.387. The Kier molecular flexibility index (Phi) is 11.6. The molecule has 0 aromatic heterocycles. The van der Waals surface area contributed by atoms with Gasteiger partial charge in [-0.2, -0.15) is 20.3 Å². The highest BCUT2D eigenvalue weighted by atomic mass is 19.3. The molecule has 1 heterocycles. The van der Waals surface area contributed by atoms with Crippen LogP contribution in [0.1, 0.15) is 73.8 Å². The molecule has 2 amide bonds. The fourth-order valence-corrected chi connectivity index (χ4v) is 4.07. The molecule has 2 rings (SSSR count). The van der Waals surface area contributed by atoms with E-state index in [0.29, 0.717) is 35.4 Å². The number of nitrogens with one attached hydrogen (secondary N) is 1. The van der Waals surface area contributed by atoms with Crippen LogP contribution in [0, 0.1) is 0 Å². The minimum atomic E-state index is -3.14. The average molecular weight is 583 g/mol. The highest BCUT2D eigenvalue weighted by Crippen LogP contribution is 2.34. The molecule has 1 aliphatic heterocycles. The molecule has 0 spiro atoms. The number of phenolic OH excluding ortho intramolecular Hbond substituents is 1. The lowest BCUT2D eigenvalue weighted by molar-refractivity contribution is -0.128. The summed E-state index contributed by atoms with van der Waals surface area (Å²) in [5.74, 6) is -4.40. The van der Waals surface area contributed by atoms with Crippen LogP contribution < -0.4 is 5.32 Å². The third kappa shape index (κ3) is 8.55. The van der Waals surface area contributed by atoms with E-state index in [1.165, 1.54) is 6.07 Å². The zero-order chi connectivity index (χ0) is 31.8. The molecule has 1 aromatic rings. The Hall–Kier alpha value is -4.41. The average Bonchev–Trinajstić information content (AvgIpc) is 2.91. The van der Waals surface area contributed by atoms with E-state index >= 15 is 0 Å². The Morgan fingerprint density at radius 1 is 1.19 bits per heavy atom. The lowest BCUT2D eigenvalue weighted by atomic mass is 10.1. The third-order valence-corrected chi connectivity index (χ3v) is 6.32. The number of rotatable bonds is 11. The van der Waals surface area contributed by atoms with Crippen molar-refractivity contribution in [2.24, 2.45) is 15.3 Å². The maximum atomic E-state index is 13.6. The number of halogens is 2. The molecule has 42 heavy (non-hydrogen) atoms. The lowest BCUT2D eigenvalue weighted by Crippen LogP contribution is -2.45. The largest absolute Gasteiger partial charge is 0.506 e. The zero-order valence-electron chi connectivity index (χ0n) is 25.5. The first-order chi connectivity index (χ1) is 19.6. The molecule has 0 saturated heterocycles. The molecule has 9 nitrogen and oxygen atoms in total. The van der Waals surface area contributed by atoms with Crippen LogP contribution in [0.3, 0.4) is 0 Å². The van der Waals surface area contributed by atoms with Gasteiger partial charge in [-0.25, -0.2) is 8.78 Å². The number of nitrogens with zero attached hydrogens (tertiary/aromatic N) is 5. The maximum Gasteiger partial charge on any atom is 0.277 e. The standard InChI is InChI=1S/C31H40F2N6O3/c1-10-13-23(16-25(11-2)36-35-19(4)5)21(7)37-39-22(8)38(27(12-3)20(6)30(39)42)18-29(41)34-26-15-14-24(17-28(26)40)31(9,32)33/h10,13-17,40H,8,11-12,18H2,1-7,9H3,(H,34,41)/b13-10-,23-16+,36-25+,37-21+. The lowest BCUT2D eigenvalue weighted by Gasteiger charge is -2.38. The van der Waals surface area contributed by atoms with Crippen LogP contribution in [-0.2, 0) is 15.5 Å². The minimum Gasteiger partial charge on any atom is -0.506 e. The van der Waals surface area contributed by atoms with Crippen molar-refractivity contribution in [3.8, 4) is 5.75 Å². The van der Waals surface area contributed by atoms with Gasteiger partial charge < -0.3 is 15.3 Å². The molecular weight excluding hydrogens is 542 g/mol. The molecule has 0 saturated carbocycles. The number of amides is 2. The smallest absolute Gasteiger partial charge is 0.277 e. The predicted molar refractivity (Wildman–Crippen MR) is 165 cm³/mol. The molecule has 0 unspecified atom stereocenters. The summed E-state index contributed by atoms with van der Waals surface area (Å²) in [6, 6.07) is 3.26. The van der Waals surface area contributed by atoms with Gasteiger partial charge in [0.25, 0.3) is 11.8 Å². The number of benzene rings is 1. The first-order valence-electron chi connectivity index (χ1n) is 13.6. The van der Waals surface area contributed by atoms with Gasteiger partial charge in [-0.1, -0.05) is 38.6 Å². The van der Waals surface area contributed by atoms with Gasteiger partial charge >= 0.3 is 0 Å². The van der Waals surface area contributed by atoms with Crippen molar-refractivity contribution in [2.45, 2.75) is 74.2 Å². The van der Waals surface area contributed by atoms with Crippen molar-refractivity contribution < 1.29 is 23.5 Å². The van der Waals surface area contributed by atoms with E-state index in [9.17, 15) is 23.5 Å². The van der Waals surface area contributed by atoms with Crippen LogP contribution in [-0.4, -0.2) is 50.5 Å². The summed E-state index contributed by atoms with van der Waals surface area (Å²) in [5, 5.41) is 26.9. The monoisotopic (exact) mass is 582 g/mol. The molecule has 0 atom stereocenters. The Labute approximate surface area is 246 Å². The number of carbonyl (C=O) groups excluding carboxylic acids is 2. The van der Waals surface area contributed by atoms with Gasteiger partial charge in [0.15, 0.2) is 0 Å². The summed E-state index contributed by atoms with van der Waals surface area (Å²) in [7, 11) is 0. The van der Waals surface area contributed by atoms with Gasteiger partial charge in [0.2, 0.25) is 5.91 Å². The number of hydrogen-bond donors (Lipinski definition) is 2. The topological polar surface area (TPSA) is 110 Å². The zero-order valence-corrected chi connectivity index (χ0v) is 25.5. The summed E-state index contributed by atoms with van der Waals surface area (Å²) in [5.41, 5.74) is 3.35. The second-order valence-corrected chi connectivity index (χ2v) is 9.99. The second-order valence-electron chi connectivity index (χ2n) is 9.99. The Bertz CT molecular complexity index is 1410. The Balaban J connectivity index is 2.42. The number of alkyl halides is 2. The van der Waals surface area contributed by atoms with E-state index in [4.69, 9.17) is 0 Å². The number of allylic oxidation sites excluding steroid dienone is 5. The molecule has 0 radical (unpaired) electrons. The van der Waals surface area contributed by atoms with E-state index in [-0.39, 0.29) is 29.5 Å². The SMILES string of the molecule is C=C1N(CC(=O)Nc2ccc(C(C)(F)F)cc2O)C(CC)=C(C)C(=O)N1/N=C(C)/C(/C=C\C)=C/C(CC)=N/N=C(C)C. The van der Waals surface area contributed by atoms with E-state index in [0.717, 1.165) is 35.5 Å². The number of phenols is 1. The molecule has 2 N–H and O–H groups in total. The van der Waals surface area contributed by atoms with E-state index < -0.39 is 17.6 Å². The third-order valence-electron chi connectivity index (χ3n) is 6.32. The van der Waals surface area contributed by atoms with Crippen LogP contribution >= 0.6 is 0 Å². The molecule has 0 bridgehead atoms. The molecule has 0 aliphatic carbocycles. The van der Waals surface area contributed by atoms with Crippen molar-refractivity contribution in [3.05, 3.63) is 71.2 Å². The van der Waals surface area contributed by atoms with Crippen molar-refractivity contribution >= 4 is 34.6 Å². The number of anilines is 1. The number of aromatic hydroxyl groups is 1. The number of carbonyl (C=O) groups is 2. The Morgan fingerprint density at radius 2 is 1.86 bits per heavy atom. The van der Waals surface area contributed by atoms with Gasteiger partial charge in [0.05, 0.1) is 17.1 Å². The van der Waals surface area contributed by atoms with E-state index in [1.807, 2.05) is 52.8 Å². The van der Waals surface area contributed by atoms with Gasteiger partial charge in [-0.05, 0) is 71.2 Å². The van der Waals surface area contributed by atoms with Gasteiger partial charge in [-0.15, -0.1) is 0 Å². The number of hydrogen-bond acceptors (Lipinski definition) is 7. The van der Waals surface area contributed by atoms with Crippen LogP contribution in [0.4, 0.5) is 14.5 Å². The van der Waals surface area contributed by atoms with Gasteiger partial charge in [0.1, 0.15) is 18.1 Å². The number of hydrazone groups is 1. The molecule has 0 fully saturated rings. The summed E-state index contributed by atoms with van der Waals surface area (Å²) in [6.07, 6.45) is 6.61. The summed E-state index contributed by atoms with van der Waals surface area (Å²) >= 11 is 0. The molecule has 1 aliphatic rings. The molecule has 1 aromatic carbocycles. The summed E-state index contributed by atoms with van der Waals surface area (Å²) in [6.45, 7) is 17.3.